The van der Waals surface area contributed by atoms with Crippen LogP contribution in [0, 0.1) is 0 Å². The first-order valence-corrected chi connectivity index (χ1v) is 6.73. The Morgan fingerprint density at radius 1 is 1.44 bits per heavy atom. The van der Waals surface area contributed by atoms with Gasteiger partial charge in [0, 0.05) is 10.7 Å². The average Bonchev–Trinajstić information content (AvgIpc) is 2.96. The number of carbonyl (C=O) groups is 1. The lowest BCUT2D eigenvalue weighted by Gasteiger charge is -2.23. The molecule has 1 aromatic heterocycles. The normalized spacial score (nSPS) is 17.1. The van der Waals surface area contributed by atoms with Crippen LogP contribution in [0.4, 0.5) is 4.79 Å². The fraction of sp³-hybridized carbons (Fsp3) is 0.538. The van der Waals surface area contributed by atoms with Crippen molar-refractivity contribution < 1.29 is 9.53 Å². The Labute approximate surface area is 115 Å². The standard InChI is InChI=1S/C13H17BrN2O2/c1-12(2,3)18-11(17)16-13(6-7-13)10-5-4-9(14)8-15-10/h4-5,8H,6-7H2,1-3H3,(H,16,17). The maximum atomic E-state index is 11.8. The van der Waals surface area contributed by atoms with E-state index in [1.807, 2.05) is 32.9 Å². The van der Waals surface area contributed by atoms with E-state index in [0.29, 0.717) is 0 Å². The number of amides is 1. The molecule has 1 aromatic rings. The molecule has 1 fully saturated rings. The molecule has 1 heterocycles. The molecule has 1 aliphatic rings. The van der Waals surface area contributed by atoms with E-state index in [9.17, 15) is 4.79 Å². The van der Waals surface area contributed by atoms with Crippen LogP contribution in [0.25, 0.3) is 0 Å². The lowest BCUT2D eigenvalue weighted by molar-refractivity contribution is 0.0494. The highest BCUT2D eigenvalue weighted by Gasteiger charge is 2.47. The average molecular weight is 313 g/mol. The summed E-state index contributed by atoms with van der Waals surface area (Å²) in [4.78, 5) is 16.1. The van der Waals surface area contributed by atoms with Gasteiger partial charge in [0.15, 0.2) is 0 Å². The summed E-state index contributed by atoms with van der Waals surface area (Å²) in [5.41, 5.74) is 0.0765. The van der Waals surface area contributed by atoms with E-state index in [4.69, 9.17) is 4.74 Å². The number of aromatic nitrogens is 1. The summed E-state index contributed by atoms with van der Waals surface area (Å²) >= 11 is 3.35. The van der Waals surface area contributed by atoms with E-state index in [1.54, 1.807) is 6.20 Å². The van der Waals surface area contributed by atoms with Crippen LogP contribution in [0.2, 0.25) is 0 Å². The summed E-state index contributed by atoms with van der Waals surface area (Å²) < 4.78 is 6.20. The highest BCUT2D eigenvalue weighted by Crippen LogP contribution is 2.44. The summed E-state index contributed by atoms with van der Waals surface area (Å²) in [6, 6.07) is 3.85. The minimum atomic E-state index is -0.479. The maximum Gasteiger partial charge on any atom is 0.408 e. The molecule has 0 bridgehead atoms. The molecule has 0 spiro atoms. The number of carbonyl (C=O) groups excluding carboxylic acids is 1. The van der Waals surface area contributed by atoms with Gasteiger partial charge in [-0.1, -0.05) is 0 Å². The quantitative estimate of drug-likeness (QED) is 0.911. The summed E-state index contributed by atoms with van der Waals surface area (Å²) in [7, 11) is 0. The number of rotatable bonds is 2. The van der Waals surface area contributed by atoms with E-state index < -0.39 is 5.60 Å². The number of halogens is 1. The van der Waals surface area contributed by atoms with Crippen LogP contribution in [0.3, 0.4) is 0 Å². The van der Waals surface area contributed by atoms with Crippen molar-refractivity contribution >= 4 is 22.0 Å². The number of hydrogen-bond donors (Lipinski definition) is 1. The molecule has 4 nitrogen and oxygen atoms in total. The summed E-state index contributed by atoms with van der Waals surface area (Å²) in [5.74, 6) is 0. The van der Waals surface area contributed by atoms with Gasteiger partial charge in [-0.25, -0.2) is 4.79 Å². The van der Waals surface area contributed by atoms with E-state index >= 15 is 0 Å². The summed E-state index contributed by atoms with van der Waals surface area (Å²) in [5, 5.41) is 2.92. The minimum Gasteiger partial charge on any atom is -0.444 e. The fourth-order valence-corrected chi connectivity index (χ4v) is 1.96. The van der Waals surface area contributed by atoms with Gasteiger partial charge in [0.05, 0.1) is 11.2 Å². The van der Waals surface area contributed by atoms with Crippen molar-refractivity contribution in [3.63, 3.8) is 0 Å². The van der Waals surface area contributed by atoms with Gasteiger partial charge in [-0.05, 0) is 61.7 Å². The Bertz CT molecular complexity index is 447. The highest BCUT2D eigenvalue weighted by atomic mass is 79.9. The molecule has 18 heavy (non-hydrogen) atoms. The molecule has 5 heteroatoms. The second kappa shape index (κ2) is 4.53. The lowest BCUT2D eigenvalue weighted by atomic mass is 10.1. The number of nitrogens with zero attached hydrogens (tertiary/aromatic N) is 1. The highest BCUT2D eigenvalue weighted by molar-refractivity contribution is 9.10. The third-order valence-electron chi connectivity index (χ3n) is 2.71. The molecule has 1 saturated carbocycles. The van der Waals surface area contributed by atoms with Crippen LogP contribution >= 0.6 is 15.9 Å². The van der Waals surface area contributed by atoms with Crippen molar-refractivity contribution in [1.29, 1.82) is 0 Å². The molecule has 0 aromatic carbocycles. The predicted octanol–water partition coefficient (Wildman–Crippen LogP) is 3.36. The van der Waals surface area contributed by atoms with Gasteiger partial charge in [-0.2, -0.15) is 0 Å². The first kappa shape index (κ1) is 13.3. The van der Waals surface area contributed by atoms with E-state index in [0.717, 1.165) is 23.0 Å². The Kier molecular flexibility index (Phi) is 3.36. The molecule has 0 atom stereocenters. The van der Waals surface area contributed by atoms with Crippen LogP contribution in [0.1, 0.15) is 39.3 Å². The molecule has 0 radical (unpaired) electrons. The Morgan fingerprint density at radius 2 is 2.11 bits per heavy atom. The third kappa shape index (κ3) is 3.22. The molecule has 1 aliphatic carbocycles. The van der Waals surface area contributed by atoms with Crippen LogP contribution in [-0.2, 0) is 10.3 Å². The van der Waals surface area contributed by atoms with Crippen molar-refractivity contribution in [3.05, 3.63) is 28.5 Å². The minimum absolute atomic E-state index is 0.330. The van der Waals surface area contributed by atoms with Crippen molar-refractivity contribution in [3.8, 4) is 0 Å². The zero-order valence-corrected chi connectivity index (χ0v) is 12.4. The van der Waals surface area contributed by atoms with E-state index in [2.05, 4.69) is 26.2 Å². The fourth-order valence-electron chi connectivity index (χ4n) is 1.73. The SMILES string of the molecule is CC(C)(C)OC(=O)NC1(c2ccc(Br)cn2)CC1. The van der Waals surface area contributed by atoms with Crippen molar-refractivity contribution in [1.82, 2.24) is 10.3 Å². The van der Waals surface area contributed by atoms with Crippen LogP contribution in [0.15, 0.2) is 22.8 Å². The second-order valence-corrected chi connectivity index (χ2v) is 6.49. The number of hydrogen-bond acceptors (Lipinski definition) is 3. The Hall–Kier alpha value is -1.10. The van der Waals surface area contributed by atoms with Gasteiger partial charge in [-0.15, -0.1) is 0 Å². The molecule has 0 unspecified atom stereocenters. The smallest absolute Gasteiger partial charge is 0.408 e. The van der Waals surface area contributed by atoms with E-state index in [-0.39, 0.29) is 11.6 Å². The van der Waals surface area contributed by atoms with Crippen LogP contribution in [0.5, 0.6) is 0 Å². The van der Waals surface area contributed by atoms with Gasteiger partial charge in [0.2, 0.25) is 0 Å². The van der Waals surface area contributed by atoms with E-state index in [1.165, 1.54) is 0 Å². The van der Waals surface area contributed by atoms with Crippen molar-refractivity contribution in [2.75, 3.05) is 0 Å². The zero-order valence-electron chi connectivity index (χ0n) is 10.8. The lowest BCUT2D eigenvalue weighted by Crippen LogP contribution is -2.39. The number of alkyl carbamates (subject to hydrolysis) is 1. The molecule has 0 aliphatic heterocycles. The topological polar surface area (TPSA) is 51.2 Å². The molecule has 0 saturated heterocycles. The molecule has 1 amide bonds. The van der Waals surface area contributed by atoms with Gasteiger partial charge < -0.3 is 10.1 Å². The van der Waals surface area contributed by atoms with Crippen molar-refractivity contribution in [2.45, 2.75) is 44.8 Å². The number of ether oxygens (including phenoxy) is 1. The zero-order chi connectivity index (χ0) is 13.4. The number of nitrogens with one attached hydrogen (secondary N) is 1. The number of pyridine rings is 1. The van der Waals surface area contributed by atoms with Crippen molar-refractivity contribution in [2.24, 2.45) is 0 Å². The largest absolute Gasteiger partial charge is 0.444 e. The second-order valence-electron chi connectivity index (χ2n) is 5.57. The molecular weight excluding hydrogens is 296 g/mol. The van der Waals surface area contributed by atoms with Gasteiger partial charge in [-0.3, -0.25) is 4.98 Å². The molecular formula is C13H17BrN2O2. The predicted molar refractivity (Wildman–Crippen MR) is 72.2 cm³/mol. The van der Waals surface area contributed by atoms with Crippen LogP contribution < -0.4 is 5.32 Å². The third-order valence-corrected chi connectivity index (χ3v) is 3.18. The van der Waals surface area contributed by atoms with Gasteiger partial charge >= 0.3 is 6.09 Å². The monoisotopic (exact) mass is 312 g/mol. The summed E-state index contributed by atoms with van der Waals surface area (Å²) in [6.07, 6.45) is 3.17. The summed E-state index contributed by atoms with van der Waals surface area (Å²) in [6.45, 7) is 5.55. The Balaban J connectivity index is 2.04. The maximum absolute atomic E-state index is 11.8. The van der Waals surface area contributed by atoms with Gasteiger partial charge in [0.1, 0.15) is 5.60 Å². The first-order valence-electron chi connectivity index (χ1n) is 5.94. The Morgan fingerprint density at radius 3 is 2.56 bits per heavy atom. The van der Waals surface area contributed by atoms with Gasteiger partial charge in [0.25, 0.3) is 0 Å². The molecule has 1 N–H and O–H groups in total. The van der Waals surface area contributed by atoms with Crippen LogP contribution in [-0.4, -0.2) is 16.7 Å². The molecule has 2 rings (SSSR count). The first-order chi connectivity index (χ1) is 8.31. The molecule has 98 valence electrons.